The van der Waals surface area contributed by atoms with Crippen LogP contribution in [-0.2, 0) is 0 Å². The maximum Gasteiger partial charge on any atom is 0.265 e. The van der Waals surface area contributed by atoms with Crippen molar-refractivity contribution in [3.63, 3.8) is 0 Å². The molecule has 1 atom stereocenters. The third-order valence-electron chi connectivity index (χ3n) is 2.60. The number of nitrogens with one attached hydrogen (secondary N) is 1. The van der Waals surface area contributed by atoms with Crippen molar-refractivity contribution >= 4 is 5.84 Å². The molecule has 0 aliphatic rings. The van der Waals surface area contributed by atoms with Gasteiger partial charge in [-0.3, -0.25) is 0 Å². The topological polar surface area (TPSA) is 90.9 Å². The molecule has 0 spiro atoms. The summed E-state index contributed by atoms with van der Waals surface area (Å²) in [4.78, 5) is 0. The first-order chi connectivity index (χ1) is 7.81. The van der Waals surface area contributed by atoms with E-state index < -0.39 is 17.9 Å². The van der Waals surface area contributed by atoms with Crippen molar-refractivity contribution in [2.75, 3.05) is 13.1 Å². The van der Waals surface area contributed by atoms with E-state index in [0.29, 0.717) is 19.4 Å². The third kappa shape index (κ3) is 6.38. The van der Waals surface area contributed by atoms with E-state index in [-0.39, 0.29) is 12.4 Å². The summed E-state index contributed by atoms with van der Waals surface area (Å²) in [7, 11) is 0. The fourth-order valence-electron chi connectivity index (χ4n) is 1.26. The van der Waals surface area contributed by atoms with Crippen LogP contribution in [0.1, 0.15) is 26.7 Å². The van der Waals surface area contributed by atoms with Gasteiger partial charge in [0, 0.05) is 12.0 Å². The number of amidine groups is 1. The van der Waals surface area contributed by atoms with Crippen molar-refractivity contribution in [2.24, 2.45) is 16.3 Å². The lowest BCUT2D eigenvalue weighted by molar-refractivity contribution is -0.00321. The van der Waals surface area contributed by atoms with Crippen LogP contribution >= 0.6 is 0 Å². The molecule has 0 radical (unpaired) electrons. The minimum absolute atomic E-state index is 0.137. The fourth-order valence-corrected chi connectivity index (χ4v) is 1.26. The summed E-state index contributed by atoms with van der Waals surface area (Å²) < 4.78 is 23.9. The second-order valence-electron chi connectivity index (χ2n) is 4.58. The fraction of sp³-hybridized carbons (Fsp3) is 0.900. The second-order valence-corrected chi connectivity index (χ2v) is 4.58. The number of nitrogens with two attached hydrogens (primary N) is 1. The van der Waals surface area contributed by atoms with Crippen molar-refractivity contribution in [1.82, 2.24) is 5.32 Å². The Morgan fingerprint density at radius 3 is 2.53 bits per heavy atom. The van der Waals surface area contributed by atoms with Crippen LogP contribution < -0.4 is 11.1 Å². The molecule has 0 amide bonds. The molecule has 0 aliphatic heterocycles. The zero-order chi connectivity index (χ0) is 13.5. The molecule has 7 heteroatoms. The van der Waals surface area contributed by atoms with Crippen LogP contribution in [0.2, 0.25) is 0 Å². The Bertz CT molecular complexity index is 248. The maximum absolute atomic E-state index is 11.9. The van der Waals surface area contributed by atoms with Crippen LogP contribution in [0.3, 0.4) is 0 Å². The monoisotopic (exact) mass is 253 g/mol. The molecule has 0 aromatic rings. The van der Waals surface area contributed by atoms with Crippen molar-refractivity contribution in [3.8, 4) is 0 Å². The molecular weight excluding hydrogens is 232 g/mol. The number of rotatable bonds is 8. The van der Waals surface area contributed by atoms with E-state index in [0.717, 1.165) is 0 Å². The van der Waals surface area contributed by atoms with Gasteiger partial charge in [-0.05, 0) is 19.4 Å². The highest BCUT2D eigenvalue weighted by Crippen LogP contribution is 2.21. The maximum atomic E-state index is 11.9. The summed E-state index contributed by atoms with van der Waals surface area (Å²) >= 11 is 0. The number of nitrogens with zero attached hydrogens (tertiary/aromatic N) is 1. The van der Waals surface area contributed by atoms with Crippen LogP contribution in [0.5, 0.6) is 0 Å². The number of hydrogen-bond acceptors (Lipinski definition) is 4. The molecule has 0 bridgehead atoms. The number of aliphatic hydroxyl groups is 1. The molecule has 0 aliphatic carbocycles. The van der Waals surface area contributed by atoms with Gasteiger partial charge >= 0.3 is 0 Å². The van der Waals surface area contributed by atoms with Crippen LogP contribution in [0.4, 0.5) is 8.78 Å². The molecule has 5 nitrogen and oxygen atoms in total. The predicted octanol–water partition coefficient (Wildman–Crippen LogP) is 0.755. The first kappa shape index (κ1) is 16.1. The smallest absolute Gasteiger partial charge is 0.265 e. The standard InChI is InChI=1S/C10H21F2N3O2/c1-10(2,9(13)15-17)4-3-5-14-6-7(16)8(11)12/h7-8,14,16-17H,3-6H2,1-2H3,(H2,13,15). The molecule has 17 heavy (non-hydrogen) atoms. The SMILES string of the molecule is CC(C)(CCCNCC(O)C(F)F)C(N)=NO. The Kier molecular flexibility index (Phi) is 6.98. The van der Waals surface area contributed by atoms with Gasteiger partial charge in [-0.15, -0.1) is 0 Å². The van der Waals surface area contributed by atoms with E-state index in [9.17, 15) is 8.78 Å². The van der Waals surface area contributed by atoms with Gasteiger partial charge in [0.2, 0.25) is 0 Å². The Labute approximate surface area is 99.7 Å². The van der Waals surface area contributed by atoms with Gasteiger partial charge in [0.05, 0.1) is 0 Å². The number of alkyl halides is 2. The van der Waals surface area contributed by atoms with Gasteiger partial charge in [0.25, 0.3) is 6.43 Å². The first-order valence-electron chi connectivity index (χ1n) is 5.46. The summed E-state index contributed by atoms with van der Waals surface area (Å²) in [5.41, 5.74) is 5.06. The summed E-state index contributed by atoms with van der Waals surface area (Å²) in [5.74, 6) is 0.144. The molecular formula is C10H21F2N3O2. The number of aliphatic hydroxyl groups excluding tert-OH is 1. The van der Waals surface area contributed by atoms with Crippen molar-refractivity contribution in [1.29, 1.82) is 0 Å². The minimum atomic E-state index is -2.73. The molecule has 0 fully saturated rings. The lowest BCUT2D eigenvalue weighted by Crippen LogP contribution is -2.35. The van der Waals surface area contributed by atoms with Crippen LogP contribution in [0.15, 0.2) is 5.16 Å². The van der Waals surface area contributed by atoms with Gasteiger partial charge in [0.15, 0.2) is 0 Å². The number of halogens is 2. The first-order valence-corrected chi connectivity index (χ1v) is 5.46. The molecule has 5 N–H and O–H groups in total. The molecule has 0 aromatic carbocycles. The van der Waals surface area contributed by atoms with Gasteiger partial charge in [-0.2, -0.15) is 0 Å². The van der Waals surface area contributed by atoms with Gasteiger partial charge in [0.1, 0.15) is 11.9 Å². The minimum Gasteiger partial charge on any atom is -0.409 e. The lowest BCUT2D eigenvalue weighted by Gasteiger charge is -2.22. The van der Waals surface area contributed by atoms with Crippen molar-refractivity contribution in [2.45, 2.75) is 39.2 Å². The predicted molar refractivity (Wildman–Crippen MR) is 61.3 cm³/mol. The Balaban J connectivity index is 3.72. The lowest BCUT2D eigenvalue weighted by atomic mass is 9.86. The zero-order valence-electron chi connectivity index (χ0n) is 10.2. The van der Waals surface area contributed by atoms with Crippen LogP contribution in [0.25, 0.3) is 0 Å². The van der Waals surface area contributed by atoms with Gasteiger partial charge in [-0.1, -0.05) is 19.0 Å². The van der Waals surface area contributed by atoms with Crippen LogP contribution in [0, 0.1) is 5.41 Å². The van der Waals surface area contributed by atoms with Gasteiger partial charge < -0.3 is 21.4 Å². The molecule has 0 saturated heterocycles. The highest BCUT2D eigenvalue weighted by atomic mass is 19.3. The Morgan fingerprint density at radius 1 is 1.47 bits per heavy atom. The Morgan fingerprint density at radius 2 is 2.06 bits per heavy atom. The zero-order valence-corrected chi connectivity index (χ0v) is 10.2. The summed E-state index contributed by atoms with van der Waals surface area (Å²) in [6, 6.07) is 0. The van der Waals surface area contributed by atoms with Crippen molar-refractivity contribution in [3.05, 3.63) is 0 Å². The highest BCUT2D eigenvalue weighted by molar-refractivity contribution is 5.85. The van der Waals surface area contributed by atoms with Crippen molar-refractivity contribution < 1.29 is 19.1 Å². The number of hydrogen-bond donors (Lipinski definition) is 4. The van der Waals surface area contributed by atoms with E-state index in [1.54, 1.807) is 0 Å². The molecule has 0 heterocycles. The Hall–Kier alpha value is -0.950. The average Bonchev–Trinajstić information content (AvgIpc) is 2.26. The van der Waals surface area contributed by atoms with E-state index in [4.69, 9.17) is 16.0 Å². The molecule has 0 saturated carbocycles. The molecule has 0 rings (SSSR count). The average molecular weight is 253 g/mol. The molecule has 0 aromatic heterocycles. The molecule has 1 unspecified atom stereocenters. The summed E-state index contributed by atoms with van der Waals surface area (Å²) in [6.45, 7) is 4.01. The highest BCUT2D eigenvalue weighted by Gasteiger charge is 2.23. The summed E-state index contributed by atoms with van der Waals surface area (Å²) in [5, 5.41) is 23.0. The molecule has 102 valence electrons. The summed E-state index contributed by atoms with van der Waals surface area (Å²) in [6.07, 6.45) is -3.02. The largest absolute Gasteiger partial charge is 0.409 e. The van der Waals surface area contributed by atoms with E-state index in [1.165, 1.54) is 0 Å². The van der Waals surface area contributed by atoms with Crippen LogP contribution in [-0.4, -0.2) is 41.8 Å². The van der Waals surface area contributed by atoms with Gasteiger partial charge in [-0.25, -0.2) is 8.78 Å². The second kappa shape index (κ2) is 7.39. The van der Waals surface area contributed by atoms with E-state index in [2.05, 4.69) is 10.5 Å². The quantitative estimate of drug-likeness (QED) is 0.169. The van der Waals surface area contributed by atoms with E-state index in [1.807, 2.05) is 13.8 Å². The normalized spacial score (nSPS) is 15.3. The van der Waals surface area contributed by atoms with E-state index >= 15 is 0 Å². The number of oxime groups is 1. The third-order valence-corrected chi connectivity index (χ3v) is 2.60.